The third-order valence-corrected chi connectivity index (χ3v) is 4.27. The van der Waals surface area contributed by atoms with E-state index in [9.17, 15) is 0 Å². The second kappa shape index (κ2) is 6.77. The van der Waals surface area contributed by atoms with Crippen LogP contribution in [0.4, 0.5) is 0 Å². The van der Waals surface area contributed by atoms with Crippen molar-refractivity contribution < 1.29 is 4.52 Å². The van der Waals surface area contributed by atoms with E-state index in [-0.39, 0.29) is 6.04 Å². The van der Waals surface area contributed by atoms with Crippen molar-refractivity contribution in [3.05, 3.63) is 46.6 Å². The van der Waals surface area contributed by atoms with Gasteiger partial charge >= 0.3 is 0 Å². The number of hydrogen-bond acceptors (Lipinski definition) is 5. The van der Waals surface area contributed by atoms with Gasteiger partial charge in [0, 0.05) is 23.5 Å². The first-order valence-electron chi connectivity index (χ1n) is 7.59. The fraction of sp³-hybridized carbons (Fsp3) is 0.500. The molecule has 6 heteroatoms. The van der Waals surface area contributed by atoms with E-state index in [0.29, 0.717) is 18.4 Å². The first-order valence-corrected chi connectivity index (χ1v) is 7.97. The number of likely N-dealkylation sites (N-methyl/N-ethyl adjacent to an activating group) is 1. The predicted molar refractivity (Wildman–Crippen MR) is 85.9 cm³/mol. The van der Waals surface area contributed by atoms with Crippen molar-refractivity contribution in [3.8, 4) is 0 Å². The molecule has 1 aromatic heterocycles. The number of benzene rings is 1. The zero-order chi connectivity index (χ0) is 15.5. The SMILES string of the molecule is CN(C)[C@H](CNCc1nc(C2CC2)no1)c1ccccc1Cl. The van der Waals surface area contributed by atoms with Crippen LogP contribution in [0.15, 0.2) is 28.8 Å². The molecule has 5 nitrogen and oxygen atoms in total. The van der Waals surface area contributed by atoms with Crippen LogP contribution < -0.4 is 5.32 Å². The molecular formula is C16H21ClN4O. The molecule has 1 N–H and O–H groups in total. The van der Waals surface area contributed by atoms with Gasteiger partial charge in [0.15, 0.2) is 5.82 Å². The number of nitrogens with zero attached hydrogens (tertiary/aromatic N) is 3. The van der Waals surface area contributed by atoms with Crippen molar-refractivity contribution in [1.82, 2.24) is 20.4 Å². The van der Waals surface area contributed by atoms with Gasteiger partial charge < -0.3 is 14.7 Å². The lowest BCUT2D eigenvalue weighted by molar-refractivity contribution is 0.281. The Morgan fingerprint density at radius 2 is 2.14 bits per heavy atom. The third kappa shape index (κ3) is 3.66. The van der Waals surface area contributed by atoms with Crippen molar-refractivity contribution in [2.75, 3.05) is 20.6 Å². The van der Waals surface area contributed by atoms with Crippen LogP contribution in [0.25, 0.3) is 0 Å². The summed E-state index contributed by atoms with van der Waals surface area (Å²) in [5, 5.41) is 8.20. The molecular weight excluding hydrogens is 300 g/mol. The Labute approximate surface area is 135 Å². The fourth-order valence-electron chi connectivity index (χ4n) is 2.48. The molecule has 1 atom stereocenters. The van der Waals surface area contributed by atoms with Crippen molar-refractivity contribution in [3.63, 3.8) is 0 Å². The van der Waals surface area contributed by atoms with Gasteiger partial charge in [-0.05, 0) is 38.6 Å². The maximum absolute atomic E-state index is 6.31. The van der Waals surface area contributed by atoms with Crippen LogP contribution >= 0.6 is 11.6 Å². The third-order valence-electron chi connectivity index (χ3n) is 3.93. The monoisotopic (exact) mass is 320 g/mol. The summed E-state index contributed by atoms with van der Waals surface area (Å²) in [7, 11) is 4.10. The van der Waals surface area contributed by atoms with Crippen molar-refractivity contribution in [2.45, 2.75) is 31.3 Å². The second-order valence-electron chi connectivity index (χ2n) is 5.95. The van der Waals surface area contributed by atoms with Gasteiger partial charge in [-0.2, -0.15) is 4.98 Å². The Hall–Kier alpha value is -1.43. The highest BCUT2D eigenvalue weighted by molar-refractivity contribution is 6.31. The molecule has 1 aliphatic carbocycles. The maximum Gasteiger partial charge on any atom is 0.240 e. The average Bonchev–Trinajstić information content (AvgIpc) is 3.24. The van der Waals surface area contributed by atoms with Gasteiger partial charge in [-0.1, -0.05) is 35.0 Å². The summed E-state index contributed by atoms with van der Waals surface area (Å²) in [4.78, 5) is 6.57. The average molecular weight is 321 g/mol. The smallest absolute Gasteiger partial charge is 0.240 e. The Kier molecular flexibility index (Phi) is 4.76. The molecule has 118 valence electrons. The first kappa shape index (κ1) is 15.5. The standard InChI is InChI=1S/C16H21ClN4O/c1-21(2)14(12-5-3-4-6-13(12)17)9-18-10-15-19-16(20-22-15)11-7-8-11/h3-6,11,14,18H,7-10H2,1-2H3/t14-/m1/s1. The molecule has 0 aliphatic heterocycles. The summed E-state index contributed by atoms with van der Waals surface area (Å²) in [5.74, 6) is 2.03. The minimum absolute atomic E-state index is 0.194. The number of aromatic nitrogens is 2. The van der Waals surface area contributed by atoms with Gasteiger partial charge in [0.25, 0.3) is 0 Å². The summed E-state index contributed by atoms with van der Waals surface area (Å²) in [6.45, 7) is 1.34. The van der Waals surface area contributed by atoms with E-state index in [1.165, 1.54) is 12.8 Å². The summed E-state index contributed by atoms with van der Waals surface area (Å²) >= 11 is 6.31. The van der Waals surface area contributed by atoms with Crippen LogP contribution in [-0.4, -0.2) is 35.7 Å². The van der Waals surface area contributed by atoms with Gasteiger partial charge in [0.2, 0.25) is 5.89 Å². The van der Waals surface area contributed by atoms with Crippen LogP contribution in [0.1, 0.15) is 42.1 Å². The lowest BCUT2D eigenvalue weighted by Crippen LogP contribution is -2.31. The van der Waals surface area contributed by atoms with Gasteiger partial charge in [0.05, 0.1) is 6.54 Å². The highest BCUT2D eigenvalue weighted by Crippen LogP contribution is 2.38. The second-order valence-corrected chi connectivity index (χ2v) is 6.36. The van der Waals surface area contributed by atoms with E-state index in [1.54, 1.807) is 0 Å². The first-order chi connectivity index (χ1) is 10.6. The van der Waals surface area contributed by atoms with Gasteiger partial charge in [-0.3, -0.25) is 0 Å². The number of hydrogen-bond donors (Lipinski definition) is 1. The fourth-order valence-corrected chi connectivity index (χ4v) is 2.74. The zero-order valence-electron chi connectivity index (χ0n) is 12.9. The maximum atomic E-state index is 6.31. The molecule has 22 heavy (non-hydrogen) atoms. The predicted octanol–water partition coefficient (Wildman–Crippen LogP) is 2.99. The Bertz CT molecular complexity index is 624. The molecule has 0 spiro atoms. The molecule has 0 amide bonds. The lowest BCUT2D eigenvalue weighted by Gasteiger charge is -2.25. The molecule has 0 radical (unpaired) electrons. The molecule has 0 saturated heterocycles. The van der Waals surface area contributed by atoms with Crippen LogP contribution in [-0.2, 0) is 6.54 Å². The van der Waals surface area contributed by atoms with E-state index < -0.39 is 0 Å². The van der Waals surface area contributed by atoms with Gasteiger partial charge in [-0.15, -0.1) is 0 Å². The summed E-state index contributed by atoms with van der Waals surface area (Å²) in [6.07, 6.45) is 2.36. The van der Waals surface area contributed by atoms with Crippen LogP contribution in [0, 0.1) is 0 Å². The summed E-state index contributed by atoms with van der Waals surface area (Å²) < 4.78 is 5.27. The molecule has 1 saturated carbocycles. The van der Waals surface area contributed by atoms with E-state index in [2.05, 4.69) is 26.4 Å². The number of halogens is 1. The molecule has 2 aromatic rings. The molecule has 0 bridgehead atoms. The van der Waals surface area contributed by atoms with Gasteiger partial charge in [0.1, 0.15) is 0 Å². The van der Waals surface area contributed by atoms with Gasteiger partial charge in [-0.25, -0.2) is 0 Å². The number of nitrogens with one attached hydrogen (secondary N) is 1. The molecule has 1 aliphatic rings. The highest BCUT2D eigenvalue weighted by Gasteiger charge is 2.28. The summed E-state index contributed by atoms with van der Waals surface area (Å²) in [6, 6.07) is 8.14. The van der Waals surface area contributed by atoms with Crippen LogP contribution in [0.5, 0.6) is 0 Å². The molecule has 1 fully saturated rings. The Morgan fingerprint density at radius 3 is 2.82 bits per heavy atom. The topological polar surface area (TPSA) is 54.2 Å². The normalized spacial score (nSPS) is 16.2. The van der Waals surface area contributed by atoms with Crippen LogP contribution in [0.3, 0.4) is 0 Å². The van der Waals surface area contributed by atoms with E-state index in [1.807, 2.05) is 32.3 Å². The minimum atomic E-state index is 0.194. The minimum Gasteiger partial charge on any atom is -0.338 e. The quantitative estimate of drug-likeness (QED) is 0.850. The molecule has 3 rings (SSSR count). The Balaban J connectivity index is 1.58. The van der Waals surface area contributed by atoms with Crippen molar-refractivity contribution >= 4 is 11.6 Å². The van der Waals surface area contributed by atoms with Crippen molar-refractivity contribution in [2.24, 2.45) is 0 Å². The largest absolute Gasteiger partial charge is 0.338 e. The number of rotatable bonds is 7. The Morgan fingerprint density at radius 1 is 1.36 bits per heavy atom. The summed E-state index contributed by atoms with van der Waals surface area (Å²) in [5.41, 5.74) is 1.12. The lowest BCUT2D eigenvalue weighted by atomic mass is 10.1. The van der Waals surface area contributed by atoms with Crippen LogP contribution in [0.2, 0.25) is 5.02 Å². The van der Waals surface area contributed by atoms with E-state index >= 15 is 0 Å². The molecule has 1 heterocycles. The highest BCUT2D eigenvalue weighted by atomic mass is 35.5. The molecule has 0 unspecified atom stereocenters. The van der Waals surface area contributed by atoms with Crippen molar-refractivity contribution in [1.29, 1.82) is 0 Å². The zero-order valence-corrected chi connectivity index (χ0v) is 13.7. The van der Waals surface area contributed by atoms with E-state index in [4.69, 9.17) is 16.1 Å². The molecule has 1 aromatic carbocycles. The van der Waals surface area contributed by atoms with E-state index in [0.717, 1.165) is 23.0 Å².